The average Bonchev–Trinajstić information content (AvgIpc) is 2.42. The van der Waals surface area contributed by atoms with Crippen LogP contribution < -0.4 is 0 Å². The van der Waals surface area contributed by atoms with Crippen LogP contribution in [0.2, 0.25) is 5.02 Å². The highest BCUT2D eigenvalue weighted by Crippen LogP contribution is 2.39. The van der Waals surface area contributed by atoms with Crippen molar-refractivity contribution in [3.8, 4) is 0 Å². The van der Waals surface area contributed by atoms with Crippen LogP contribution in [-0.4, -0.2) is 35.7 Å². The Bertz CT molecular complexity index is 478. The van der Waals surface area contributed by atoms with Gasteiger partial charge in [0.25, 0.3) is 0 Å². The molecular weight excluding hydrogens is 282 g/mol. The molecular formula is C18H28ClNO. The molecule has 21 heavy (non-hydrogen) atoms. The SMILES string of the molecule is Cc1ccc(CC(O)C2(N(C)C)CCC(C)CC2)c(Cl)c1. The summed E-state index contributed by atoms with van der Waals surface area (Å²) in [6, 6.07) is 6.10. The van der Waals surface area contributed by atoms with Crippen LogP contribution in [-0.2, 0) is 6.42 Å². The Morgan fingerprint density at radius 3 is 2.48 bits per heavy atom. The van der Waals surface area contributed by atoms with Gasteiger partial charge in [0.15, 0.2) is 0 Å². The molecule has 1 aromatic carbocycles. The van der Waals surface area contributed by atoms with Crippen LogP contribution in [0.25, 0.3) is 0 Å². The summed E-state index contributed by atoms with van der Waals surface area (Å²) < 4.78 is 0. The maximum atomic E-state index is 10.9. The summed E-state index contributed by atoms with van der Waals surface area (Å²) >= 11 is 6.34. The number of benzene rings is 1. The van der Waals surface area contributed by atoms with Crippen molar-refractivity contribution in [2.24, 2.45) is 5.92 Å². The van der Waals surface area contributed by atoms with E-state index in [1.54, 1.807) is 0 Å². The van der Waals surface area contributed by atoms with Gasteiger partial charge in [-0.05, 0) is 69.8 Å². The number of hydrogen-bond acceptors (Lipinski definition) is 2. The molecule has 1 aliphatic carbocycles. The van der Waals surface area contributed by atoms with Gasteiger partial charge in [-0.3, -0.25) is 0 Å². The molecule has 0 bridgehead atoms. The molecule has 1 unspecified atom stereocenters. The highest BCUT2D eigenvalue weighted by Gasteiger charge is 2.42. The van der Waals surface area contributed by atoms with Crippen molar-refractivity contribution in [3.63, 3.8) is 0 Å². The lowest BCUT2D eigenvalue weighted by Gasteiger charge is -2.48. The standard InChI is InChI=1S/C18H28ClNO/c1-13-7-9-18(10-8-13,20(3)4)17(21)12-15-6-5-14(2)11-16(15)19/h5-6,11,13,17,21H,7-10,12H2,1-4H3. The van der Waals surface area contributed by atoms with E-state index in [1.165, 1.54) is 12.8 Å². The Hall–Kier alpha value is -0.570. The van der Waals surface area contributed by atoms with E-state index in [0.717, 1.165) is 34.9 Å². The Kier molecular flexibility index (Phi) is 5.34. The molecule has 0 saturated heterocycles. The number of halogens is 1. The lowest BCUT2D eigenvalue weighted by atomic mass is 9.72. The molecule has 0 aromatic heterocycles. The number of likely N-dealkylation sites (N-methyl/N-ethyl adjacent to an activating group) is 1. The van der Waals surface area contributed by atoms with Crippen LogP contribution in [0.5, 0.6) is 0 Å². The molecule has 0 spiro atoms. The van der Waals surface area contributed by atoms with E-state index in [9.17, 15) is 5.11 Å². The predicted octanol–water partition coefficient (Wildman–Crippen LogP) is 4.06. The highest BCUT2D eigenvalue weighted by atomic mass is 35.5. The molecule has 1 fully saturated rings. The number of rotatable bonds is 4. The van der Waals surface area contributed by atoms with Crippen molar-refractivity contribution < 1.29 is 5.11 Å². The van der Waals surface area contributed by atoms with Crippen molar-refractivity contribution in [3.05, 3.63) is 34.3 Å². The Morgan fingerprint density at radius 1 is 1.33 bits per heavy atom. The monoisotopic (exact) mass is 309 g/mol. The second-order valence-electron chi connectivity index (χ2n) is 7.00. The minimum atomic E-state index is -0.375. The third-order valence-corrected chi connectivity index (χ3v) is 5.62. The minimum absolute atomic E-state index is 0.110. The smallest absolute Gasteiger partial charge is 0.0764 e. The highest BCUT2D eigenvalue weighted by molar-refractivity contribution is 6.31. The predicted molar refractivity (Wildman–Crippen MR) is 89.9 cm³/mol. The Morgan fingerprint density at radius 2 is 1.95 bits per heavy atom. The number of aryl methyl sites for hydroxylation is 1. The van der Waals surface area contributed by atoms with Crippen LogP contribution in [0.4, 0.5) is 0 Å². The number of hydrogen-bond donors (Lipinski definition) is 1. The quantitative estimate of drug-likeness (QED) is 0.906. The van der Waals surface area contributed by atoms with Crippen LogP contribution in [0.3, 0.4) is 0 Å². The van der Waals surface area contributed by atoms with Crippen molar-refractivity contribution in [2.45, 2.75) is 57.6 Å². The van der Waals surface area contributed by atoms with Gasteiger partial charge in [-0.15, -0.1) is 0 Å². The molecule has 1 aliphatic rings. The molecule has 1 saturated carbocycles. The molecule has 1 aromatic rings. The number of aliphatic hydroxyl groups excluding tert-OH is 1. The fraction of sp³-hybridized carbons (Fsp3) is 0.667. The molecule has 0 heterocycles. The molecule has 2 rings (SSSR count). The molecule has 2 nitrogen and oxygen atoms in total. The fourth-order valence-corrected chi connectivity index (χ4v) is 3.87. The van der Waals surface area contributed by atoms with E-state index in [2.05, 4.69) is 38.1 Å². The lowest BCUT2D eigenvalue weighted by Crippen LogP contribution is -2.56. The molecule has 3 heteroatoms. The maximum absolute atomic E-state index is 10.9. The van der Waals surface area contributed by atoms with Gasteiger partial charge < -0.3 is 10.0 Å². The van der Waals surface area contributed by atoms with Crippen molar-refractivity contribution in [1.29, 1.82) is 0 Å². The van der Waals surface area contributed by atoms with Gasteiger partial charge in [-0.1, -0.05) is 30.7 Å². The molecule has 0 radical (unpaired) electrons. The van der Waals surface area contributed by atoms with Gasteiger partial charge in [0.1, 0.15) is 0 Å². The third kappa shape index (κ3) is 3.61. The third-order valence-electron chi connectivity index (χ3n) is 5.27. The van der Waals surface area contributed by atoms with Gasteiger partial charge in [0.05, 0.1) is 6.10 Å². The number of aliphatic hydroxyl groups is 1. The van der Waals surface area contributed by atoms with E-state index >= 15 is 0 Å². The maximum Gasteiger partial charge on any atom is 0.0764 e. The van der Waals surface area contributed by atoms with Crippen LogP contribution >= 0.6 is 11.6 Å². The van der Waals surface area contributed by atoms with E-state index in [1.807, 2.05) is 13.0 Å². The first-order valence-electron chi connectivity index (χ1n) is 7.95. The van der Waals surface area contributed by atoms with E-state index in [-0.39, 0.29) is 11.6 Å². The minimum Gasteiger partial charge on any atom is -0.391 e. The number of nitrogens with zero attached hydrogens (tertiary/aromatic N) is 1. The fourth-order valence-electron chi connectivity index (χ4n) is 3.56. The first-order chi connectivity index (χ1) is 9.85. The lowest BCUT2D eigenvalue weighted by molar-refractivity contribution is -0.0382. The van der Waals surface area contributed by atoms with Crippen LogP contribution in [0.1, 0.15) is 43.7 Å². The summed E-state index contributed by atoms with van der Waals surface area (Å²) in [5, 5.41) is 11.7. The van der Waals surface area contributed by atoms with E-state index in [0.29, 0.717) is 6.42 Å². The molecule has 0 aliphatic heterocycles. The topological polar surface area (TPSA) is 23.5 Å². The molecule has 0 amide bonds. The average molecular weight is 310 g/mol. The first kappa shape index (κ1) is 16.8. The van der Waals surface area contributed by atoms with E-state index in [4.69, 9.17) is 11.6 Å². The summed E-state index contributed by atoms with van der Waals surface area (Å²) in [6.07, 6.45) is 4.76. The zero-order chi connectivity index (χ0) is 15.6. The largest absolute Gasteiger partial charge is 0.391 e. The molecule has 1 N–H and O–H groups in total. The summed E-state index contributed by atoms with van der Waals surface area (Å²) in [4.78, 5) is 2.23. The van der Waals surface area contributed by atoms with Gasteiger partial charge in [-0.25, -0.2) is 0 Å². The van der Waals surface area contributed by atoms with Crippen LogP contribution in [0.15, 0.2) is 18.2 Å². The second-order valence-corrected chi connectivity index (χ2v) is 7.40. The molecule has 1 atom stereocenters. The Balaban J connectivity index is 2.17. The second kappa shape index (κ2) is 6.68. The van der Waals surface area contributed by atoms with Gasteiger partial charge in [0.2, 0.25) is 0 Å². The summed E-state index contributed by atoms with van der Waals surface area (Å²) in [5.74, 6) is 0.772. The summed E-state index contributed by atoms with van der Waals surface area (Å²) in [5.41, 5.74) is 2.10. The normalized spacial score (nSPS) is 27.9. The first-order valence-corrected chi connectivity index (χ1v) is 8.33. The van der Waals surface area contributed by atoms with Gasteiger partial charge in [0, 0.05) is 17.0 Å². The van der Waals surface area contributed by atoms with E-state index < -0.39 is 0 Å². The summed E-state index contributed by atoms with van der Waals surface area (Å²) in [7, 11) is 4.19. The zero-order valence-corrected chi connectivity index (χ0v) is 14.5. The van der Waals surface area contributed by atoms with Gasteiger partial charge >= 0.3 is 0 Å². The van der Waals surface area contributed by atoms with Crippen molar-refractivity contribution in [2.75, 3.05) is 14.1 Å². The summed E-state index contributed by atoms with van der Waals surface area (Å²) in [6.45, 7) is 4.35. The van der Waals surface area contributed by atoms with Crippen molar-refractivity contribution >= 4 is 11.6 Å². The van der Waals surface area contributed by atoms with Gasteiger partial charge in [-0.2, -0.15) is 0 Å². The molecule has 118 valence electrons. The van der Waals surface area contributed by atoms with Crippen LogP contribution in [0, 0.1) is 12.8 Å². The van der Waals surface area contributed by atoms with Crippen molar-refractivity contribution in [1.82, 2.24) is 4.90 Å². The zero-order valence-electron chi connectivity index (χ0n) is 13.7. The Labute approximate surface area is 134 Å².